The molecule has 0 spiro atoms. The SMILES string of the molecule is Cn1ncc2c(NC34CC(C#N)(C3)C4)nc(NCC3(N)CC3)nc21. The summed E-state index contributed by atoms with van der Waals surface area (Å²) in [5.41, 5.74) is 6.76. The van der Waals surface area contributed by atoms with Crippen LogP contribution in [0.25, 0.3) is 11.0 Å². The topological polar surface area (TPSA) is 117 Å². The largest absolute Gasteiger partial charge is 0.364 e. The van der Waals surface area contributed by atoms with Crippen molar-refractivity contribution < 1.29 is 0 Å². The van der Waals surface area contributed by atoms with Gasteiger partial charge in [-0.2, -0.15) is 20.3 Å². The number of aromatic nitrogens is 4. The molecule has 2 aromatic rings. The molecular weight excluding hydrogens is 304 g/mol. The number of anilines is 2. The second-order valence-electron chi connectivity index (χ2n) is 7.94. The lowest BCUT2D eigenvalue weighted by Gasteiger charge is -2.67. The van der Waals surface area contributed by atoms with Crippen LogP contribution in [0.2, 0.25) is 0 Å². The lowest BCUT2D eigenvalue weighted by Crippen LogP contribution is -2.70. The van der Waals surface area contributed by atoms with Crippen LogP contribution in [-0.4, -0.2) is 37.4 Å². The molecule has 4 N–H and O–H groups in total. The van der Waals surface area contributed by atoms with E-state index in [1.807, 2.05) is 7.05 Å². The number of nitrogens with one attached hydrogen (secondary N) is 2. The van der Waals surface area contributed by atoms with Crippen molar-refractivity contribution in [2.75, 3.05) is 17.2 Å². The third-order valence-corrected chi connectivity index (χ3v) is 5.73. The van der Waals surface area contributed by atoms with Gasteiger partial charge in [0.25, 0.3) is 0 Å². The normalized spacial score (nSPS) is 31.7. The highest BCUT2D eigenvalue weighted by atomic mass is 15.3. The zero-order valence-corrected chi connectivity index (χ0v) is 13.6. The van der Waals surface area contributed by atoms with Crippen LogP contribution in [0.5, 0.6) is 0 Å². The Labute approximate surface area is 139 Å². The van der Waals surface area contributed by atoms with E-state index in [9.17, 15) is 5.26 Å². The highest BCUT2D eigenvalue weighted by Gasteiger charge is 2.69. The molecule has 2 bridgehead atoms. The highest BCUT2D eigenvalue weighted by Crippen LogP contribution is 2.68. The van der Waals surface area contributed by atoms with E-state index in [-0.39, 0.29) is 16.5 Å². The van der Waals surface area contributed by atoms with Crippen molar-refractivity contribution in [2.45, 2.75) is 43.2 Å². The smallest absolute Gasteiger partial charge is 0.226 e. The minimum atomic E-state index is -0.106. The van der Waals surface area contributed by atoms with Gasteiger partial charge >= 0.3 is 0 Å². The number of nitriles is 1. The van der Waals surface area contributed by atoms with Gasteiger partial charge in [-0.15, -0.1) is 0 Å². The average Bonchev–Trinajstić information content (AvgIpc) is 3.12. The maximum atomic E-state index is 9.20. The van der Waals surface area contributed by atoms with E-state index >= 15 is 0 Å². The fourth-order valence-electron chi connectivity index (χ4n) is 4.08. The Morgan fingerprint density at radius 2 is 2.08 bits per heavy atom. The van der Waals surface area contributed by atoms with Gasteiger partial charge in [0.2, 0.25) is 5.95 Å². The molecule has 24 heavy (non-hydrogen) atoms. The Kier molecular flexibility index (Phi) is 2.43. The first kappa shape index (κ1) is 14.0. The molecule has 4 saturated carbocycles. The van der Waals surface area contributed by atoms with Crippen molar-refractivity contribution in [3.63, 3.8) is 0 Å². The number of nitrogens with two attached hydrogens (primary N) is 1. The second kappa shape index (κ2) is 4.16. The molecule has 0 amide bonds. The second-order valence-corrected chi connectivity index (χ2v) is 7.94. The van der Waals surface area contributed by atoms with Gasteiger partial charge in [0.15, 0.2) is 5.65 Å². The van der Waals surface area contributed by atoms with Crippen LogP contribution in [0.1, 0.15) is 32.1 Å². The Balaban J connectivity index is 1.44. The van der Waals surface area contributed by atoms with Crippen molar-refractivity contribution in [3.8, 4) is 6.07 Å². The van der Waals surface area contributed by atoms with Crippen molar-refractivity contribution in [2.24, 2.45) is 18.2 Å². The summed E-state index contributed by atoms with van der Waals surface area (Å²) in [7, 11) is 1.87. The highest BCUT2D eigenvalue weighted by molar-refractivity contribution is 5.88. The Hall–Kier alpha value is -2.40. The molecule has 2 heterocycles. The number of fused-ring (bicyclic) bond motifs is 1. The van der Waals surface area contributed by atoms with Gasteiger partial charge in [-0.25, -0.2) is 0 Å². The van der Waals surface area contributed by atoms with Crippen LogP contribution in [0.15, 0.2) is 6.20 Å². The van der Waals surface area contributed by atoms with E-state index < -0.39 is 0 Å². The fourth-order valence-corrected chi connectivity index (χ4v) is 4.08. The van der Waals surface area contributed by atoms with E-state index in [1.165, 1.54) is 0 Å². The molecule has 8 heteroatoms. The number of hydrogen-bond acceptors (Lipinski definition) is 7. The number of nitrogens with zero attached hydrogens (tertiary/aromatic N) is 5. The predicted octanol–water partition coefficient (Wildman–Crippen LogP) is 1.12. The fraction of sp³-hybridized carbons (Fsp3) is 0.625. The van der Waals surface area contributed by atoms with Gasteiger partial charge in [0.1, 0.15) is 5.82 Å². The molecule has 4 aliphatic carbocycles. The van der Waals surface area contributed by atoms with Gasteiger partial charge in [0.05, 0.1) is 23.1 Å². The summed E-state index contributed by atoms with van der Waals surface area (Å²) in [6, 6.07) is 2.44. The van der Waals surface area contributed by atoms with E-state index in [0.29, 0.717) is 12.5 Å². The van der Waals surface area contributed by atoms with Crippen molar-refractivity contribution in [3.05, 3.63) is 6.20 Å². The van der Waals surface area contributed by atoms with Gasteiger partial charge < -0.3 is 16.4 Å². The third-order valence-electron chi connectivity index (χ3n) is 5.73. The van der Waals surface area contributed by atoms with Crippen molar-refractivity contribution in [1.29, 1.82) is 5.26 Å². The maximum Gasteiger partial charge on any atom is 0.226 e. The molecule has 0 atom stereocenters. The van der Waals surface area contributed by atoms with Gasteiger partial charge in [0, 0.05) is 24.7 Å². The third kappa shape index (κ3) is 1.91. The minimum absolute atomic E-state index is 0.0235. The Bertz CT molecular complexity index is 868. The molecule has 0 unspecified atom stereocenters. The molecule has 6 rings (SSSR count). The Morgan fingerprint density at radius 3 is 2.75 bits per heavy atom. The molecule has 0 aliphatic heterocycles. The number of rotatable bonds is 5. The van der Waals surface area contributed by atoms with E-state index in [1.54, 1.807) is 10.9 Å². The molecular formula is C16H20N8. The first-order chi connectivity index (χ1) is 11.4. The van der Waals surface area contributed by atoms with Crippen molar-refractivity contribution >= 4 is 22.8 Å². The van der Waals surface area contributed by atoms with Gasteiger partial charge in [-0.1, -0.05) is 0 Å². The first-order valence-corrected chi connectivity index (χ1v) is 8.36. The molecule has 2 aromatic heterocycles. The maximum absolute atomic E-state index is 9.20. The molecule has 124 valence electrons. The molecule has 8 nitrogen and oxygen atoms in total. The summed E-state index contributed by atoms with van der Waals surface area (Å²) >= 11 is 0. The summed E-state index contributed by atoms with van der Waals surface area (Å²) in [5.74, 6) is 1.37. The van der Waals surface area contributed by atoms with Crippen LogP contribution < -0.4 is 16.4 Å². The lowest BCUT2D eigenvalue weighted by molar-refractivity contribution is -0.0661. The molecule has 0 aromatic carbocycles. The Morgan fingerprint density at radius 1 is 1.33 bits per heavy atom. The summed E-state index contributed by atoms with van der Waals surface area (Å²) in [5, 5.41) is 21.2. The molecule has 0 saturated heterocycles. The zero-order chi connectivity index (χ0) is 16.6. The molecule has 0 radical (unpaired) electrons. The van der Waals surface area contributed by atoms with Crippen LogP contribution in [-0.2, 0) is 7.05 Å². The number of hydrogen-bond donors (Lipinski definition) is 3. The summed E-state index contributed by atoms with van der Waals surface area (Å²) in [4.78, 5) is 9.23. The van der Waals surface area contributed by atoms with Crippen LogP contribution in [0.4, 0.5) is 11.8 Å². The molecule has 4 aliphatic rings. The monoisotopic (exact) mass is 324 g/mol. The number of aryl methyl sites for hydroxylation is 1. The summed E-state index contributed by atoms with van der Waals surface area (Å²) in [6.07, 6.45) is 6.57. The lowest BCUT2D eigenvalue weighted by atomic mass is 9.40. The predicted molar refractivity (Wildman–Crippen MR) is 89.2 cm³/mol. The average molecular weight is 324 g/mol. The summed E-state index contributed by atoms with van der Waals surface area (Å²) < 4.78 is 1.75. The standard InChI is InChI=1S/C16H20N8/c1-24-12-10(4-20-24)11(23-16-5-14(6-16,7-16)8-17)21-13(22-12)19-9-15(18)2-3-15/h4H,2-3,5-7,9,18H2,1H3,(H2,19,21,22,23). The van der Waals surface area contributed by atoms with Crippen LogP contribution >= 0.6 is 0 Å². The van der Waals surface area contributed by atoms with E-state index in [2.05, 4.69) is 31.8 Å². The summed E-state index contributed by atoms with van der Waals surface area (Å²) in [6.45, 7) is 0.679. The molecule has 4 fully saturated rings. The van der Waals surface area contributed by atoms with Crippen LogP contribution in [0.3, 0.4) is 0 Å². The zero-order valence-electron chi connectivity index (χ0n) is 13.6. The van der Waals surface area contributed by atoms with Gasteiger partial charge in [-0.3, -0.25) is 4.68 Å². The van der Waals surface area contributed by atoms with Crippen LogP contribution in [0, 0.1) is 16.7 Å². The quantitative estimate of drug-likeness (QED) is 0.754. The van der Waals surface area contributed by atoms with Crippen molar-refractivity contribution in [1.82, 2.24) is 19.7 Å². The minimum Gasteiger partial charge on any atom is -0.364 e. The van der Waals surface area contributed by atoms with E-state index in [4.69, 9.17) is 5.73 Å². The van der Waals surface area contributed by atoms with Gasteiger partial charge in [-0.05, 0) is 32.1 Å². The van der Waals surface area contributed by atoms with E-state index in [0.717, 1.165) is 49.0 Å². The first-order valence-electron chi connectivity index (χ1n) is 8.36.